The van der Waals surface area contributed by atoms with E-state index in [9.17, 15) is 4.79 Å². The Morgan fingerprint density at radius 1 is 1.04 bits per heavy atom. The van der Waals surface area contributed by atoms with Gasteiger partial charge in [0.2, 0.25) is 0 Å². The highest BCUT2D eigenvalue weighted by molar-refractivity contribution is 5.92. The third-order valence-corrected chi connectivity index (χ3v) is 6.49. The molecule has 7 heteroatoms. The van der Waals surface area contributed by atoms with E-state index in [-0.39, 0.29) is 11.8 Å². The van der Waals surface area contributed by atoms with Crippen molar-refractivity contribution in [1.29, 1.82) is 0 Å². The van der Waals surface area contributed by atoms with Crippen LogP contribution in [0.4, 0.5) is 0 Å². The lowest BCUT2D eigenvalue weighted by Gasteiger charge is -2.32. The molecular weight excluding hydrogens is 356 g/mol. The van der Waals surface area contributed by atoms with E-state index in [0.717, 1.165) is 65.0 Å². The maximum absolute atomic E-state index is 12.9. The fourth-order valence-corrected chi connectivity index (χ4v) is 4.81. The Morgan fingerprint density at radius 3 is 2.68 bits per heavy atom. The molecular formula is C21H28N4O3. The van der Waals surface area contributed by atoms with Crippen molar-refractivity contribution in [2.24, 2.45) is 0 Å². The first-order chi connectivity index (χ1) is 13.8. The van der Waals surface area contributed by atoms with Gasteiger partial charge in [0.15, 0.2) is 11.6 Å². The molecule has 0 unspecified atom stereocenters. The van der Waals surface area contributed by atoms with Gasteiger partial charge in [0, 0.05) is 56.6 Å². The Hall–Kier alpha value is -2.15. The summed E-state index contributed by atoms with van der Waals surface area (Å²) in [6.45, 7) is 4.08. The predicted molar refractivity (Wildman–Crippen MR) is 102 cm³/mol. The minimum Gasteiger partial charge on any atom is -0.448 e. The second-order valence-corrected chi connectivity index (χ2v) is 8.24. The van der Waals surface area contributed by atoms with Crippen LogP contribution in [0.2, 0.25) is 0 Å². The summed E-state index contributed by atoms with van der Waals surface area (Å²) in [4.78, 5) is 24.0. The fraction of sp³-hybridized carbons (Fsp3) is 0.667. The number of oxazole rings is 1. The number of hydrogen-bond acceptors (Lipinski definition) is 5. The highest BCUT2D eigenvalue weighted by atomic mass is 16.5. The molecule has 0 atom stereocenters. The summed E-state index contributed by atoms with van der Waals surface area (Å²) in [5.74, 6) is 2.62. The van der Waals surface area contributed by atoms with Gasteiger partial charge in [-0.15, -0.1) is 0 Å². The highest BCUT2D eigenvalue weighted by Crippen LogP contribution is 2.31. The van der Waals surface area contributed by atoms with Crippen molar-refractivity contribution in [3.05, 3.63) is 35.6 Å². The van der Waals surface area contributed by atoms with Crippen LogP contribution in [-0.4, -0.2) is 51.6 Å². The molecule has 2 fully saturated rings. The van der Waals surface area contributed by atoms with Crippen molar-refractivity contribution in [2.45, 2.75) is 63.3 Å². The summed E-state index contributed by atoms with van der Waals surface area (Å²) in [5, 5.41) is 0. The van der Waals surface area contributed by atoms with E-state index in [1.165, 1.54) is 30.6 Å². The van der Waals surface area contributed by atoms with Gasteiger partial charge in [-0.1, -0.05) is 0 Å². The lowest BCUT2D eigenvalue weighted by Crippen LogP contribution is -2.38. The molecule has 0 aromatic carbocycles. The summed E-state index contributed by atoms with van der Waals surface area (Å²) >= 11 is 0. The zero-order chi connectivity index (χ0) is 18.9. The summed E-state index contributed by atoms with van der Waals surface area (Å²) in [5.41, 5.74) is 1.82. The van der Waals surface area contributed by atoms with Crippen molar-refractivity contribution in [3.63, 3.8) is 0 Å². The molecule has 2 saturated heterocycles. The predicted octanol–water partition coefficient (Wildman–Crippen LogP) is 3.12. The van der Waals surface area contributed by atoms with Gasteiger partial charge in [-0.2, -0.15) is 0 Å². The molecule has 150 valence electrons. The second kappa shape index (κ2) is 7.70. The monoisotopic (exact) mass is 384 g/mol. The smallest absolute Gasteiger partial charge is 0.275 e. The van der Waals surface area contributed by atoms with Crippen molar-refractivity contribution in [1.82, 2.24) is 19.4 Å². The Kier molecular flexibility index (Phi) is 4.93. The Labute approximate surface area is 165 Å². The van der Waals surface area contributed by atoms with Crippen molar-refractivity contribution in [2.75, 3.05) is 26.3 Å². The standard InChI is InChI=1S/C21H28N4O3/c26-21(18-14-28-20(23-18)16-6-11-27-12-7-16)24-9-4-15(5-10-24)19-22-13-17-3-1-2-8-25(17)19/h13-16H,1-12H2. The first kappa shape index (κ1) is 17.9. The van der Waals surface area contributed by atoms with E-state index in [1.807, 2.05) is 4.90 Å². The number of fused-ring (bicyclic) bond motifs is 1. The molecule has 0 radical (unpaired) electrons. The van der Waals surface area contributed by atoms with Crippen molar-refractivity contribution in [3.8, 4) is 0 Å². The van der Waals surface area contributed by atoms with Crippen LogP contribution in [0, 0.1) is 0 Å². The highest BCUT2D eigenvalue weighted by Gasteiger charge is 2.30. The Balaban J connectivity index is 1.21. The molecule has 7 nitrogen and oxygen atoms in total. The number of piperidine rings is 1. The molecule has 0 N–H and O–H groups in total. The quantitative estimate of drug-likeness (QED) is 0.813. The molecule has 5 heterocycles. The number of amides is 1. The van der Waals surface area contributed by atoms with E-state index in [1.54, 1.807) is 0 Å². The van der Waals surface area contributed by atoms with Gasteiger partial charge in [0.1, 0.15) is 12.1 Å². The Bertz CT molecular complexity index is 829. The molecule has 3 aliphatic rings. The van der Waals surface area contributed by atoms with Crippen LogP contribution >= 0.6 is 0 Å². The maximum Gasteiger partial charge on any atom is 0.275 e. The first-order valence-electron chi connectivity index (χ1n) is 10.7. The van der Waals surface area contributed by atoms with Crippen LogP contribution in [0.1, 0.15) is 78.3 Å². The number of hydrogen-bond donors (Lipinski definition) is 0. The molecule has 0 aliphatic carbocycles. The zero-order valence-electron chi connectivity index (χ0n) is 16.3. The van der Waals surface area contributed by atoms with Crippen LogP contribution in [0.15, 0.2) is 16.9 Å². The molecule has 2 aromatic rings. The lowest BCUT2D eigenvalue weighted by atomic mass is 9.95. The number of carbonyl (C=O) groups is 1. The average molecular weight is 384 g/mol. The Morgan fingerprint density at radius 2 is 1.86 bits per heavy atom. The summed E-state index contributed by atoms with van der Waals surface area (Å²) < 4.78 is 13.4. The molecule has 1 amide bonds. The third-order valence-electron chi connectivity index (χ3n) is 6.49. The number of likely N-dealkylation sites (tertiary alicyclic amines) is 1. The number of ether oxygens (including phenoxy) is 1. The lowest BCUT2D eigenvalue weighted by molar-refractivity contribution is 0.0703. The number of rotatable bonds is 3. The fourth-order valence-electron chi connectivity index (χ4n) is 4.81. The first-order valence-corrected chi connectivity index (χ1v) is 10.7. The summed E-state index contributed by atoms with van der Waals surface area (Å²) in [7, 11) is 0. The molecule has 0 spiro atoms. The van der Waals surface area contributed by atoms with E-state index >= 15 is 0 Å². The van der Waals surface area contributed by atoms with Crippen LogP contribution in [0.3, 0.4) is 0 Å². The summed E-state index contributed by atoms with van der Waals surface area (Å²) in [6, 6.07) is 0. The number of imidazole rings is 1. The molecule has 2 aromatic heterocycles. The van der Waals surface area contributed by atoms with E-state index in [2.05, 4.69) is 15.7 Å². The van der Waals surface area contributed by atoms with Gasteiger partial charge < -0.3 is 18.6 Å². The molecule has 28 heavy (non-hydrogen) atoms. The zero-order valence-corrected chi connectivity index (χ0v) is 16.3. The van der Waals surface area contributed by atoms with E-state index in [4.69, 9.17) is 14.1 Å². The molecule has 0 saturated carbocycles. The van der Waals surface area contributed by atoms with E-state index < -0.39 is 0 Å². The van der Waals surface area contributed by atoms with E-state index in [0.29, 0.717) is 17.5 Å². The van der Waals surface area contributed by atoms with Gasteiger partial charge >= 0.3 is 0 Å². The normalized spacial score (nSPS) is 21.6. The van der Waals surface area contributed by atoms with Gasteiger partial charge in [-0.25, -0.2) is 9.97 Å². The van der Waals surface area contributed by atoms with Gasteiger partial charge in [0.05, 0.1) is 0 Å². The van der Waals surface area contributed by atoms with Gasteiger partial charge in [0.25, 0.3) is 5.91 Å². The maximum atomic E-state index is 12.9. The molecule has 5 rings (SSSR count). The topological polar surface area (TPSA) is 73.4 Å². The number of aryl methyl sites for hydroxylation is 1. The largest absolute Gasteiger partial charge is 0.448 e. The van der Waals surface area contributed by atoms with Gasteiger partial charge in [-0.3, -0.25) is 4.79 Å². The number of carbonyl (C=O) groups excluding carboxylic acids is 1. The third kappa shape index (κ3) is 3.36. The number of aromatic nitrogens is 3. The van der Waals surface area contributed by atoms with Crippen molar-refractivity contribution < 1.29 is 13.9 Å². The van der Waals surface area contributed by atoms with Crippen LogP contribution < -0.4 is 0 Å². The minimum absolute atomic E-state index is 0.00865. The summed E-state index contributed by atoms with van der Waals surface area (Å²) in [6.07, 6.45) is 11.0. The molecule has 0 bridgehead atoms. The minimum atomic E-state index is -0.00865. The van der Waals surface area contributed by atoms with Crippen LogP contribution in [0.5, 0.6) is 0 Å². The SMILES string of the molecule is O=C(c1coc(C2CCOCC2)n1)N1CCC(c2ncc3n2CCCC3)CC1. The van der Waals surface area contributed by atoms with Gasteiger partial charge in [-0.05, 0) is 44.9 Å². The second-order valence-electron chi connectivity index (χ2n) is 8.24. The van der Waals surface area contributed by atoms with Crippen molar-refractivity contribution >= 4 is 5.91 Å². The molecule has 3 aliphatic heterocycles. The average Bonchev–Trinajstić information content (AvgIpc) is 3.42. The van der Waals surface area contributed by atoms with Crippen LogP contribution in [-0.2, 0) is 17.7 Å². The van der Waals surface area contributed by atoms with Crippen LogP contribution in [0.25, 0.3) is 0 Å². The number of nitrogens with zero attached hydrogens (tertiary/aromatic N) is 4.